The third-order valence-corrected chi connectivity index (χ3v) is 6.11. The van der Waals surface area contributed by atoms with Gasteiger partial charge in [-0.2, -0.15) is 0 Å². The fourth-order valence-corrected chi connectivity index (χ4v) is 4.21. The Hall–Kier alpha value is -3.42. The quantitative estimate of drug-likeness (QED) is 0.250. The molecule has 0 aliphatic carbocycles. The lowest BCUT2D eigenvalue weighted by Gasteiger charge is -2.14. The van der Waals surface area contributed by atoms with Crippen molar-refractivity contribution in [2.75, 3.05) is 0 Å². The average molecular weight is 461 g/mol. The minimum Gasteiger partial charge on any atom is -0.0622 e. The fraction of sp³-hybridized carbons (Fsp3) is 0. The van der Waals surface area contributed by atoms with Crippen molar-refractivity contribution in [1.29, 1.82) is 0 Å². The monoisotopic (exact) mass is 460 g/mol. The Morgan fingerprint density at radius 2 is 0.742 bits per heavy atom. The molecule has 0 bridgehead atoms. The Balaban J connectivity index is 1.61. The lowest BCUT2D eigenvalue weighted by atomic mass is 9.90. The predicted molar refractivity (Wildman–Crippen MR) is 136 cm³/mol. The van der Waals surface area contributed by atoms with Crippen molar-refractivity contribution in [3.05, 3.63) is 132 Å². The third kappa shape index (κ3) is 4.23. The van der Waals surface area contributed by atoms with Crippen molar-refractivity contribution in [2.24, 2.45) is 0 Å². The summed E-state index contributed by atoms with van der Waals surface area (Å²) in [4.78, 5) is 0. The predicted octanol–water partition coefficient (Wildman–Crippen LogP) is 9.12. The zero-order chi connectivity index (χ0) is 21.0. The van der Waals surface area contributed by atoms with E-state index in [2.05, 4.69) is 143 Å². The highest BCUT2D eigenvalue weighted by Crippen LogP contribution is 2.36. The van der Waals surface area contributed by atoms with Crippen LogP contribution in [0.2, 0.25) is 0 Å². The summed E-state index contributed by atoms with van der Waals surface area (Å²) in [5.74, 6) is 0. The van der Waals surface area contributed by atoms with Gasteiger partial charge in [0.1, 0.15) is 0 Å². The second-order valence-corrected chi connectivity index (χ2v) is 8.49. The summed E-state index contributed by atoms with van der Waals surface area (Å²) in [5, 5.41) is 0. The molecule has 0 atom stereocenters. The van der Waals surface area contributed by atoms with E-state index in [4.69, 9.17) is 0 Å². The zero-order valence-corrected chi connectivity index (χ0v) is 18.6. The summed E-state index contributed by atoms with van der Waals surface area (Å²) >= 11 is 3.52. The normalized spacial score (nSPS) is 10.7. The van der Waals surface area contributed by atoms with E-state index in [1.165, 1.54) is 44.5 Å². The molecule has 0 aliphatic heterocycles. The number of rotatable bonds is 4. The van der Waals surface area contributed by atoms with Gasteiger partial charge in [0.25, 0.3) is 0 Å². The van der Waals surface area contributed by atoms with E-state index < -0.39 is 0 Å². The van der Waals surface area contributed by atoms with Crippen LogP contribution in [-0.2, 0) is 0 Å². The van der Waals surface area contributed by atoms with Crippen molar-refractivity contribution in [3.63, 3.8) is 0 Å². The summed E-state index contributed by atoms with van der Waals surface area (Å²) in [6.07, 6.45) is 0. The number of benzene rings is 5. The molecule has 0 amide bonds. The molecule has 0 N–H and O–H groups in total. The van der Waals surface area contributed by atoms with Gasteiger partial charge in [-0.25, -0.2) is 0 Å². The molecular weight excluding hydrogens is 440 g/mol. The summed E-state index contributed by atoms with van der Waals surface area (Å²) in [6.45, 7) is 0. The van der Waals surface area contributed by atoms with Gasteiger partial charge < -0.3 is 0 Å². The topological polar surface area (TPSA) is 0 Å². The molecule has 0 saturated carbocycles. The average Bonchev–Trinajstić information content (AvgIpc) is 2.85. The molecule has 148 valence electrons. The van der Waals surface area contributed by atoms with Crippen molar-refractivity contribution in [2.45, 2.75) is 0 Å². The largest absolute Gasteiger partial charge is 0.0622 e. The highest BCUT2D eigenvalue weighted by molar-refractivity contribution is 9.10. The maximum absolute atomic E-state index is 3.52. The minimum atomic E-state index is 1.10. The van der Waals surface area contributed by atoms with Crippen LogP contribution < -0.4 is 0 Å². The van der Waals surface area contributed by atoms with E-state index in [0.717, 1.165) is 4.47 Å². The molecule has 0 saturated heterocycles. The van der Waals surface area contributed by atoms with E-state index in [1.54, 1.807) is 0 Å². The van der Waals surface area contributed by atoms with Gasteiger partial charge in [0, 0.05) is 4.47 Å². The summed E-state index contributed by atoms with van der Waals surface area (Å²) < 4.78 is 1.10. The van der Waals surface area contributed by atoms with Crippen LogP contribution in [0.3, 0.4) is 0 Å². The number of halogens is 1. The lowest BCUT2D eigenvalue weighted by molar-refractivity contribution is 1.55. The van der Waals surface area contributed by atoms with E-state index in [-0.39, 0.29) is 0 Å². The van der Waals surface area contributed by atoms with E-state index >= 15 is 0 Å². The standard InChI is InChI=1S/C30H21Br/c31-28-18-15-24(16-19-28)23-11-13-26(14-12-23)30-21-27(22-7-3-1-4-8-22)17-20-29(30)25-9-5-2-6-10-25/h1-21H. The molecule has 0 aliphatic rings. The van der Waals surface area contributed by atoms with Crippen molar-refractivity contribution < 1.29 is 0 Å². The second kappa shape index (κ2) is 8.75. The summed E-state index contributed by atoms with van der Waals surface area (Å²) in [7, 11) is 0. The molecular formula is C30H21Br. The van der Waals surface area contributed by atoms with Crippen molar-refractivity contribution >= 4 is 15.9 Å². The van der Waals surface area contributed by atoms with Gasteiger partial charge in [0.05, 0.1) is 0 Å². The molecule has 0 unspecified atom stereocenters. The Kier molecular flexibility index (Phi) is 5.52. The Bertz CT molecular complexity index is 1290. The first-order valence-corrected chi connectivity index (χ1v) is 11.2. The Morgan fingerprint density at radius 1 is 0.323 bits per heavy atom. The molecule has 31 heavy (non-hydrogen) atoms. The van der Waals surface area contributed by atoms with Gasteiger partial charge >= 0.3 is 0 Å². The first-order valence-electron chi connectivity index (χ1n) is 10.4. The molecule has 0 fully saturated rings. The fourth-order valence-electron chi connectivity index (χ4n) is 3.95. The summed E-state index contributed by atoms with van der Waals surface area (Å²) in [6, 6.07) is 45.3. The highest BCUT2D eigenvalue weighted by atomic mass is 79.9. The maximum atomic E-state index is 3.52. The van der Waals surface area contributed by atoms with Crippen LogP contribution in [0, 0.1) is 0 Å². The van der Waals surface area contributed by atoms with Gasteiger partial charge in [-0.3, -0.25) is 0 Å². The number of hydrogen-bond donors (Lipinski definition) is 0. The summed E-state index contributed by atoms with van der Waals surface area (Å²) in [5.41, 5.74) is 9.84. The smallest absolute Gasteiger partial charge is 0.0175 e. The first kappa shape index (κ1) is 19.5. The van der Waals surface area contributed by atoms with Crippen LogP contribution in [-0.4, -0.2) is 0 Å². The maximum Gasteiger partial charge on any atom is 0.0175 e. The number of hydrogen-bond acceptors (Lipinski definition) is 0. The van der Waals surface area contributed by atoms with Crippen molar-refractivity contribution in [3.8, 4) is 44.5 Å². The highest BCUT2D eigenvalue weighted by Gasteiger charge is 2.10. The van der Waals surface area contributed by atoms with Crippen LogP contribution in [0.15, 0.2) is 132 Å². The van der Waals surface area contributed by atoms with Gasteiger partial charge in [-0.15, -0.1) is 0 Å². The molecule has 0 radical (unpaired) electrons. The van der Waals surface area contributed by atoms with Crippen molar-refractivity contribution in [1.82, 2.24) is 0 Å². The Morgan fingerprint density at radius 3 is 1.35 bits per heavy atom. The van der Waals surface area contributed by atoms with E-state index in [1.807, 2.05) is 0 Å². The molecule has 5 aromatic carbocycles. The zero-order valence-electron chi connectivity index (χ0n) is 17.0. The molecule has 0 heterocycles. The van der Waals surface area contributed by atoms with Gasteiger partial charge in [-0.05, 0) is 62.7 Å². The van der Waals surface area contributed by atoms with Crippen LogP contribution in [0.1, 0.15) is 0 Å². The molecule has 1 heteroatoms. The van der Waals surface area contributed by atoms with Gasteiger partial charge in [0.15, 0.2) is 0 Å². The van der Waals surface area contributed by atoms with Crippen LogP contribution in [0.25, 0.3) is 44.5 Å². The van der Waals surface area contributed by atoms with Crippen LogP contribution in [0.4, 0.5) is 0 Å². The molecule has 0 aromatic heterocycles. The molecule has 5 aromatic rings. The van der Waals surface area contributed by atoms with Gasteiger partial charge in [0.2, 0.25) is 0 Å². The lowest BCUT2D eigenvalue weighted by Crippen LogP contribution is -1.88. The van der Waals surface area contributed by atoms with E-state index in [0.29, 0.717) is 0 Å². The molecule has 0 nitrogen and oxygen atoms in total. The van der Waals surface area contributed by atoms with E-state index in [9.17, 15) is 0 Å². The molecule has 0 spiro atoms. The first-order chi connectivity index (χ1) is 15.3. The minimum absolute atomic E-state index is 1.10. The van der Waals surface area contributed by atoms with Crippen LogP contribution in [0.5, 0.6) is 0 Å². The molecule has 5 rings (SSSR count). The van der Waals surface area contributed by atoms with Crippen LogP contribution >= 0.6 is 15.9 Å². The Labute approximate surface area is 192 Å². The second-order valence-electron chi connectivity index (χ2n) is 7.58. The van der Waals surface area contributed by atoms with Gasteiger partial charge in [-0.1, -0.05) is 125 Å². The SMILES string of the molecule is Brc1ccc(-c2ccc(-c3cc(-c4ccccc4)ccc3-c3ccccc3)cc2)cc1. The third-order valence-electron chi connectivity index (χ3n) is 5.58.